The standard InChI is InChI=1S/C16H18ClNO2S/c1-5-20-15(19)16(3,4)13-9-21-14(18-13)12-7-6-11(17)8-10(12)2/h6-9H,5H2,1-4H3. The summed E-state index contributed by atoms with van der Waals surface area (Å²) >= 11 is 7.50. The number of rotatable bonds is 4. The van der Waals surface area contributed by atoms with E-state index in [-0.39, 0.29) is 5.97 Å². The summed E-state index contributed by atoms with van der Waals surface area (Å²) in [4.78, 5) is 16.7. The van der Waals surface area contributed by atoms with Crippen LogP contribution in [0.2, 0.25) is 5.02 Å². The highest BCUT2D eigenvalue weighted by atomic mass is 35.5. The first-order valence-electron chi connectivity index (χ1n) is 6.76. The molecule has 112 valence electrons. The fourth-order valence-electron chi connectivity index (χ4n) is 1.97. The van der Waals surface area contributed by atoms with Crippen molar-refractivity contribution < 1.29 is 9.53 Å². The minimum absolute atomic E-state index is 0.255. The second-order valence-electron chi connectivity index (χ2n) is 5.34. The molecular formula is C16H18ClNO2S. The predicted molar refractivity (Wildman–Crippen MR) is 87.0 cm³/mol. The second kappa shape index (κ2) is 6.16. The summed E-state index contributed by atoms with van der Waals surface area (Å²) < 4.78 is 5.12. The molecule has 3 nitrogen and oxygen atoms in total. The number of hydrogen-bond donors (Lipinski definition) is 0. The van der Waals surface area contributed by atoms with Gasteiger partial charge in [0.1, 0.15) is 10.4 Å². The number of hydrogen-bond acceptors (Lipinski definition) is 4. The maximum absolute atomic E-state index is 12.0. The van der Waals surface area contributed by atoms with E-state index in [1.165, 1.54) is 11.3 Å². The molecule has 2 rings (SSSR count). The average Bonchev–Trinajstić information content (AvgIpc) is 2.89. The molecule has 5 heteroatoms. The Labute approximate surface area is 133 Å². The van der Waals surface area contributed by atoms with E-state index in [4.69, 9.17) is 16.3 Å². The molecule has 0 unspecified atom stereocenters. The Balaban J connectivity index is 2.35. The molecule has 0 saturated heterocycles. The van der Waals surface area contributed by atoms with Crippen LogP contribution in [-0.2, 0) is 14.9 Å². The van der Waals surface area contributed by atoms with Crippen molar-refractivity contribution in [3.05, 3.63) is 39.9 Å². The van der Waals surface area contributed by atoms with Gasteiger partial charge in [-0.2, -0.15) is 0 Å². The van der Waals surface area contributed by atoms with Gasteiger partial charge >= 0.3 is 5.97 Å². The van der Waals surface area contributed by atoms with Gasteiger partial charge in [-0.25, -0.2) is 4.98 Å². The van der Waals surface area contributed by atoms with Gasteiger partial charge in [-0.15, -0.1) is 11.3 Å². The van der Waals surface area contributed by atoms with E-state index in [1.807, 2.05) is 44.4 Å². The van der Waals surface area contributed by atoms with E-state index >= 15 is 0 Å². The van der Waals surface area contributed by atoms with Crippen molar-refractivity contribution in [3.63, 3.8) is 0 Å². The van der Waals surface area contributed by atoms with Crippen LogP contribution in [0.4, 0.5) is 0 Å². The van der Waals surface area contributed by atoms with Crippen LogP contribution in [-0.4, -0.2) is 17.6 Å². The zero-order chi connectivity index (χ0) is 15.6. The molecule has 1 heterocycles. The largest absolute Gasteiger partial charge is 0.465 e. The third-order valence-corrected chi connectivity index (χ3v) is 4.46. The highest BCUT2D eigenvalue weighted by Crippen LogP contribution is 2.33. The number of carbonyl (C=O) groups is 1. The lowest BCUT2D eigenvalue weighted by molar-refractivity contribution is -0.148. The molecule has 0 N–H and O–H groups in total. The number of halogens is 1. The first kappa shape index (κ1) is 16.0. The normalized spacial score (nSPS) is 11.5. The summed E-state index contributed by atoms with van der Waals surface area (Å²) in [5.41, 5.74) is 2.09. The number of aryl methyl sites for hydroxylation is 1. The lowest BCUT2D eigenvalue weighted by Crippen LogP contribution is -2.31. The highest BCUT2D eigenvalue weighted by Gasteiger charge is 2.34. The fourth-order valence-corrected chi connectivity index (χ4v) is 3.27. The number of aromatic nitrogens is 1. The molecule has 0 radical (unpaired) electrons. The van der Waals surface area contributed by atoms with E-state index in [0.717, 1.165) is 21.8 Å². The Hall–Kier alpha value is -1.39. The Bertz CT molecular complexity index is 664. The molecule has 0 bridgehead atoms. The van der Waals surface area contributed by atoms with Crippen molar-refractivity contribution in [2.45, 2.75) is 33.1 Å². The summed E-state index contributed by atoms with van der Waals surface area (Å²) in [5, 5.41) is 3.51. The van der Waals surface area contributed by atoms with Gasteiger partial charge in [0.25, 0.3) is 0 Å². The third-order valence-electron chi connectivity index (χ3n) is 3.35. The number of nitrogens with zero attached hydrogens (tertiary/aromatic N) is 1. The minimum atomic E-state index is -0.745. The van der Waals surface area contributed by atoms with E-state index < -0.39 is 5.41 Å². The SMILES string of the molecule is CCOC(=O)C(C)(C)c1csc(-c2ccc(Cl)cc2C)n1. The molecule has 0 aliphatic carbocycles. The molecule has 1 aromatic heterocycles. The van der Waals surface area contributed by atoms with Gasteiger partial charge in [0.15, 0.2) is 0 Å². The Kier molecular flexibility index (Phi) is 4.69. The minimum Gasteiger partial charge on any atom is -0.465 e. The summed E-state index contributed by atoms with van der Waals surface area (Å²) in [5.74, 6) is -0.255. The fraction of sp³-hybridized carbons (Fsp3) is 0.375. The monoisotopic (exact) mass is 323 g/mol. The van der Waals surface area contributed by atoms with Crippen LogP contribution in [0.3, 0.4) is 0 Å². The molecule has 0 aliphatic rings. The maximum Gasteiger partial charge on any atom is 0.317 e. The maximum atomic E-state index is 12.0. The zero-order valence-corrected chi connectivity index (χ0v) is 14.1. The van der Waals surface area contributed by atoms with Gasteiger partial charge in [-0.3, -0.25) is 4.79 Å². The number of benzene rings is 1. The molecule has 0 saturated carbocycles. The third kappa shape index (κ3) is 3.27. The van der Waals surface area contributed by atoms with Crippen molar-refractivity contribution in [2.24, 2.45) is 0 Å². The first-order chi connectivity index (χ1) is 9.86. The predicted octanol–water partition coefficient (Wildman–Crippen LogP) is 4.61. The summed E-state index contributed by atoms with van der Waals surface area (Å²) in [6.45, 7) is 7.84. The van der Waals surface area contributed by atoms with Gasteiger partial charge in [-0.1, -0.05) is 17.7 Å². The summed E-state index contributed by atoms with van der Waals surface area (Å²) in [6.07, 6.45) is 0. The molecule has 1 aromatic carbocycles. The van der Waals surface area contributed by atoms with Gasteiger partial charge in [0.2, 0.25) is 0 Å². The van der Waals surface area contributed by atoms with E-state index in [1.54, 1.807) is 6.92 Å². The quantitative estimate of drug-likeness (QED) is 0.771. The summed E-state index contributed by atoms with van der Waals surface area (Å²) in [6, 6.07) is 5.72. The van der Waals surface area contributed by atoms with Gasteiger partial charge in [0.05, 0.1) is 12.3 Å². The lowest BCUT2D eigenvalue weighted by Gasteiger charge is -2.19. The van der Waals surface area contributed by atoms with Crippen molar-refractivity contribution in [2.75, 3.05) is 6.61 Å². The Morgan fingerprint density at radius 2 is 2.14 bits per heavy atom. The molecule has 2 aromatic rings. The van der Waals surface area contributed by atoms with Crippen LogP contribution in [0, 0.1) is 6.92 Å². The highest BCUT2D eigenvalue weighted by molar-refractivity contribution is 7.13. The number of thiazole rings is 1. The number of esters is 1. The van der Waals surface area contributed by atoms with Crippen LogP contribution in [0.15, 0.2) is 23.6 Å². The Morgan fingerprint density at radius 3 is 2.76 bits per heavy atom. The van der Waals surface area contributed by atoms with Crippen molar-refractivity contribution in [3.8, 4) is 10.6 Å². The number of carbonyl (C=O) groups excluding carboxylic acids is 1. The molecular weight excluding hydrogens is 306 g/mol. The Morgan fingerprint density at radius 1 is 1.43 bits per heavy atom. The van der Waals surface area contributed by atoms with Crippen LogP contribution < -0.4 is 0 Å². The van der Waals surface area contributed by atoms with Crippen LogP contribution in [0.25, 0.3) is 10.6 Å². The van der Waals surface area contributed by atoms with Crippen LogP contribution in [0.1, 0.15) is 32.0 Å². The molecule has 0 atom stereocenters. The van der Waals surface area contributed by atoms with Crippen molar-refractivity contribution >= 4 is 28.9 Å². The molecule has 0 fully saturated rings. The average molecular weight is 324 g/mol. The molecule has 0 aliphatic heterocycles. The van der Waals surface area contributed by atoms with Crippen molar-refractivity contribution in [1.82, 2.24) is 4.98 Å². The lowest BCUT2D eigenvalue weighted by atomic mass is 9.90. The number of ether oxygens (including phenoxy) is 1. The van der Waals surface area contributed by atoms with E-state index in [2.05, 4.69) is 4.98 Å². The van der Waals surface area contributed by atoms with Crippen LogP contribution in [0.5, 0.6) is 0 Å². The van der Waals surface area contributed by atoms with E-state index in [0.29, 0.717) is 11.6 Å². The van der Waals surface area contributed by atoms with Gasteiger partial charge in [-0.05, 0) is 45.4 Å². The topological polar surface area (TPSA) is 39.2 Å². The first-order valence-corrected chi connectivity index (χ1v) is 8.01. The molecule has 0 amide bonds. The zero-order valence-electron chi connectivity index (χ0n) is 12.6. The van der Waals surface area contributed by atoms with Gasteiger partial charge in [0, 0.05) is 16.0 Å². The second-order valence-corrected chi connectivity index (χ2v) is 6.64. The molecule has 21 heavy (non-hydrogen) atoms. The van der Waals surface area contributed by atoms with Gasteiger partial charge < -0.3 is 4.74 Å². The smallest absolute Gasteiger partial charge is 0.317 e. The van der Waals surface area contributed by atoms with Crippen LogP contribution >= 0.6 is 22.9 Å². The van der Waals surface area contributed by atoms with Crippen molar-refractivity contribution in [1.29, 1.82) is 0 Å². The molecule has 0 spiro atoms. The van der Waals surface area contributed by atoms with E-state index in [9.17, 15) is 4.79 Å². The summed E-state index contributed by atoms with van der Waals surface area (Å²) in [7, 11) is 0.